The molecule has 0 bridgehead atoms. The van der Waals surface area contributed by atoms with E-state index in [0.717, 1.165) is 25.7 Å². The summed E-state index contributed by atoms with van der Waals surface area (Å²) >= 11 is 0. The van der Waals surface area contributed by atoms with Crippen LogP contribution in [0.25, 0.3) is 0 Å². The van der Waals surface area contributed by atoms with Gasteiger partial charge < -0.3 is 10.0 Å². The first-order valence-electron chi connectivity index (χ1n) is 9.07. The van der Waals surface area contributed by atoms with E-state index in [9.17, 15) is 23.1 Å². The van der Waals surface area contributed by atoms with E-state index in [0.29, 0.717) is 18.9 Å². The highest BCUT2D eigenvalue weighted by molar-refractivity contribution is 7.90. The topological polar surface area (TPSA) is 104 Å². The number of hydrogen-bond donors (Lipinski definition) is 2. The van der Waals surface area contributed by atoms with Crippen molar-refractivity contribution in [2.45, 2.75) is 58.9 Å². The first-order valence-corrected chi connectivity index (χ1v) is 10.7. The Labute approximate surface area is 150 Å². The minimum absolute atomic E-state index is 0.0787. The van der Waals surface area contributed by atoms with Gasteiger partial charge in [-0.1, -0.05) is 20.8 Å². The molecule has 0 aromatic carbocycles. The van der Waals surface area contributed by atoms with Crippen molar-refractivity contribution in [2.75, 3.05) is 18.8 Å². The normalized spacial score (nSPS) is 30.6. The Balaban J connectivity index is 1.94. The van der Waals surface area contributed by atoms with Crippen molar-refractivity contribution in [3.05, 3.63) is 0 Å². The Morgan fingerprint density at radius 3 is 2.32 bits per heavy atom. The van der Waals surface area contributed by atoms with Crippen LogP contribution in [0.4, 0.5) is 0 Å². The molecule has 1 amide bonds. The summed E-state index contributed by atoms with van der Waals surface area (Å²) in [4.78, 5) is 25.4. The van der Waals surface area contributed by atoms with Gasteiger partial charge >= 0.3 is 5.97 Å². The van der Waals surface area contributed by atoms with Crippen molar-refractivity contribution in [2.24, 2.45) is 17.3 Å². The molecule has 1 saturated heterocycles. The maximum Gasteiger partial charge on any atom is 0.311 e. The third-order valence-corrected chi connectivity index (χ3v) is 7.18. The number of sulfonamides is 1. The number of carboxylic acid groups (broad SMARTS) is 1. The molecule has 7 nitrogen and oxygen atoms in total. The Bertz CT molecular complexity index is 611. The molecule has 0 aromatic rings. The van der Waals surface area contributed by atoms with Crippen molar-refractivity contribution >= 4 is 21.9 Å². The molecule has 144 valence electrons. The fourth-order valence-electron chi connectivity index (χ4n) is 3.87. The molecule has 25 heavy (non-hydrogen) atoms. The molecule has 1 heterocycles. The first kappa shape index (κ1) is 20.2. The number of carbonyl (C=O) groups excluding carboxylic acids is 1. The lowest BCUT2D eigenvalue weighted by Crippen LogP contribution is -2.45. The lowest BCUT2D eigenvalue weighted by molar-refractivity contribution is -0.151. The molecular formula is C17H30N2O5S. The lowest BCUT2D eigenvalue weighted by Gasteiger charge is -2.29. The van der Waals surface area contributed by atoms with Crippen molar-refractivity contribution in [3.8, 4) is 0 Å². The maximum atomic E-state index is 12.4. The van der Waals surface area contributed by atoms with Crippen LogP contribution < -0.4 is 4.72 Å². The van der Waals surface area contributed by atoms with Crippen LogP contribution in [0.15, 0.2) is 0 Å². The van der Waals surface area contributed by atoms with E-state index in [1.807, 2.05) is 13.8 Å². The third-order valence-electron chi connectivity index (χ3n) is 5.86. The fourth-order valence-corrected chi connectivity index (χ4v) is 5.20. The van der Waals surface area contributed by atoms with Crippen LogP contribution in [0.3, 0.4) is 0 Å². The molecule has 8 heteroatoms. The van der Waals surface area contributed by atoms with Gasteiger partial charge in [0.1, 0.15) is 5.75 Å². The van der Waals surface area contributed by atoms with E-state index < -0.39 is 33.1 Å². The zero-order valence-electron chi connectivity index (χ0n) is 15.3. The van der Waals surface area contributed by atoms with Gasteiger partial charge in [-0.15, -0.1) is 0 Å². The molecule has 0 aromatic heterocycles. The molecule has 1 atom stereocenters. The molecule has 2 aliphatic rings. The second kappa shape index (κ2) is 7.61. The molecule has 2 rings (SSSR count). The van der Waals surface area contributed by atoms with E-state index in [2.05, 4.69) is 11.6 Å². The third kappa shape index (κ3) is 4.73. The zero-order chi connectivity index (χ0) is 18.8. The van der Waals surface area contributed by atoms with Crippen LogP contribution in [0.5, 0.6) is 0 Å². The predicted molar refractivity (Wildman–Crippen MR) is 94.4 cm³/mol. The number of nitrogens with one attached hydrogen (secondary N) is 1. The number of aliphatic carboxylic acids is 1. The van der Waals surface area contributed by atoms with Crippen LogP contribution >= 0.6 is 0 Å². The molecule has 0 spiro atoms. The number of hydrogen-bond acceptors (Lipinski definition) is 4. The summed E-state index contributed by atoms with van der Waals surface area (Å²) < 4.78 is 27.2. The van der Waals surface area contributed by atoms with Gasteiger partial charge in [-0.2, -0.15) is 0 Å². The van der Waals surface area contributed by atoms with Crippen LogP contribution in [-0.4, -0.2) is 55.2 Å². The number of likely N-dealkylation sites (tertiary alicyclic amines) is 1. The van der Waals surface area contributed by atoms with Gasteiger partial charge in [-0.3, -0.25) is 9.59 Å². The van der Waals surface area contributed by atoms with Gasteiger partial charge in [0.2, 0.25) is 15.9 Å². The van der Waals surface area contributed by atoms with Gasteiger partial charge in [0.25, 0.3) is 0 Å². The van der Waals surface area contributed by atoms with Crippen molar-refractivity contribution in [1.29, 1.82) is 0 Å². The Kier molecular flexibility index (Phi) is 6.14. The van der Waals surface area contributed by atoms with Crippen molar-refractivity contribution in [1.82, 2.24) is 9.62 Å². The summed E-state index contributed by atoms with van der Waals surface area (Å²) in [6.45, 7) is 6.18. The van der Waals surface area contributed by atoms with Crippen LogP contribution in [-0.2, 0) is 19.6 Å². The lowest BCUT2D eigenvalue weighted by atomic mass is 9.76. The van der Waals surface area contributed by atoms with E-state index in [1.165, 1.54) is 4.90 Å². The summed E-state index contributed by atoms with van der Waals surface area (Å²) in [7, 11) is -3.70. The van der Waals surface area contributed by atoms with E-state index in [-0.39, 0.29) is 18.5 Å². The van der Waals surface area contributed by atoms with Crippen molar-refractivity contribution < 1.29 is 23.1 Å². The summed E-state index contributed by atoms with van der Waals surface area (Å²) in [5.74, 6) is -1.54. The molecule has 2 fully saturated rings. The molecule has 2 N–H and O–H groups in total. The summed E-state index contributed by atoms with van der Waals surface area (Å²) in [5.41, 5.74) is -0.980. The molecule has 1 unspecified atom stereocenters. The molecule has 1 saturated carbocycles. The standard InChI is InChI=1S/C17H30N2O5S/c1-12(2)17(16(21)22)8-9-19(11-17)15(20)10-25(23,24)18-14-6-4-13(3)5-7-14/h12-14,18H,4-11H2,1-3H3,(H,21,22). The average molecular weight is 375 g/mol. The highest BCUT2D eigenvalue weighted by Crippen LogP contribution is 2.38. The minimum Gasteiger partial charge on any atom is -0.481 e. The Hall–Kier alpha value is -1.15. The smallest absolute Gasteiger partial charge is 0.311 e. The highest BCUT2D eigenvalue weighted by atomic mass is 32.2. The molecule has 0 radical (unpaired) electrons. The molecule has 1 aliphatic heterocycles. The summed E-state index contributed by atoms with van der Waals surface area (Å²) in [6.07, 6.45) is 3.94. The van der Waals surface area contributed by atoms with Crippen LogP contribution in [0.2, 0.25) is 0 Å². The molecule has 1 aliphatic carbocycles. The first-order chi connectivity index (χ1) is 11.6. The number of rotatable bonds is 6. The maximum absolute atomic E-state index is 12.4. The van der Waals surface area contributed by atoms with E-state index in [1.54, 1.807) is 0 Å². The number of carboxylic acids is 1. The van der Waals surface area contributed by atoms with Gasteiger partial charge in [-0.05, 0) is 43.9 Å². The van der Waals surface area contributed by atoms with E-state index >= 15 is 0 Å². The van der Waals surface area contributed by atoms with E-state index in [4.69, 9.17) is 0 Å². The largest absolute Gasteiger partial charge is 0.481 e. The molecular weight excluding hydrogens is 344 g/mol. The highest BCUT2D eigenvalue weighted by Gasteiger charge is 2.48. The summed E-state index contributed by atoms with van der Waals surface area (Å²) in [5, 5.41) is 9.54. The van der Waals surface area contributed by atoms with Crippen LogP contribution in [0, 0.1) is 17.3 Å². The minimum atomic E-state index is -3.70. The zero-order valence-corrected chi connectivity index (χ0v) is 16.1. The monoisotopic (exact) mass is 374 g/mol. The SMILES string of the molecule is CC1CCC(NS(=O)(=O)CC(=O)N2CCC(C(=O)O)(C(C)C)C2)CC1. The Morgan fingerprint density at radius 1 is 1.24 bits per heavy atom. The Morgan fingerprint density at radius 2 is 1.84 bits per heavy atom. The van der Waals surface area contributed by atoms with Gasteiger partial charge in [0, 0.05) is 19.1 Å². The number of carbonyl (C=O) groups is 2. The number of amides is 1. The van der Waals surface area contributed by atoms with Crippen LogP contribution in [0.1, 0.15) is 52.9 Å². The van der Waals surface area contributed by atoms with Gasteiger partial charge in [0.05, 0.1) is 5.41 Å². The summed E-state index contributed by atoms with van der Waals surface area (Å²) in [6, 6.07) is -0.0960. The predicted octanol–water partition coefficient (Wildman–Crippen LogP) is 1.44. The second-order valence-corrected chi connectivity index (χ2v) is 9.77. The van der Waals surface area contributed by atoms with Crippen molar-refractivity contribution in [3.63, 3.8) is 0 Å². The van der Waals surface area contributed by atoms with Gasteiger partial charge in [0.15, 0.2) is 0 Å². The number of nitrogens with zero attached hydrogens (tertiary/aromatic N) is 1. The fraction of sp³-hybridized carbons (Fsp3) is 0.882. The average Bonchev–Trinajstić information content (AvgIpc) is 2.96. The van der Waals surface area contributed by atoms with Gasteiger partial charge in [-0.25, -0.2) is 13.1 Å². The second-order valence-electron chi connectivity index (χ2n) is 8.02. The quantitative estimate of drug-likeness (QED) is 0.732.